The van der Waals surface area contributed by atoms with Crippen molar-refractivity contribution in [1.82, 2.24) is 15.1 Å². The van der Waals surface area contributed by atoms with Gasteiger partial charge in [-0.25, -0.2) is 4.79 Å². The summed E-state index contributed by atoms with van der Waals surface area (Å²) in [5, 5.41) is 11.3. The second-order valence-corrected chi connectivity index (χ2v) is 6.83. The third-order valence-corrected chi connectivity index (χ3v) is 5.15. The van der Waals surface area contributed by atoms with Crippen molar-refractivity contribution in [3.05, 3.63) is 35.4 Å². The Balaban J connectivity index is 1.55. The highest BCUT2D eigenvalue weighted by Crippen LogP contribution is 2.22. The van der Waals surface area contributed by atoms with Crippen LogP contribution in [-0.4, -0.2) is 53.2 Å². The molecular formula is C18H27N3O2. The molecule has 1 aromatic carbocycles. The van der Waals surface area contributed by atoms with Gasteiger partial charge in [-0.3, -0.25) is 9.80 Å². The molecule has 2 aliphatic rings. The first-order chi connectivity index (χ1) is 11.1. The summed E-state index contributed by atoms with van der Waals surface area (Å²) < 4.78 is 0. The summed E-state index contributed by atoms with van der Waals surface area (Å²) in [4.78, 5) is 15.9. The van der Waals surface area contributed by atoms with Crippen LogP contribution >= 0.6 is 0 Å². The first kappa shape index (κ1) is 16.3. The van der Waals surface area contributed by atoms with Crippen molar-refractivity contribution in [3.8, 4) is 0 Å². The Labute approximate surface area is 138 Å². The number of nitrogens with zero attached hydrogens (tertiary/aromatic N) is 2. The summed E-state index contributed by atoms with van der Waals surface area (Å²) >= 11 is 0. The van der Waals surface area contributed by atoms with Crippen molar-refractivity contribution in [2.24, 2.45) is 0 Å². The molecule has 2 heterocycles. The number of amides is 1. The fourth-order valence-corrected chi connectivity index (χ4v) is 3.80. The number of hydrogen-bond donors (Lipinski definition) is 2. The van der Waals surface area contributed by atoms with Crippen LogP contribution in [0.2, 0.25) is 0 Å². The molecule has 1 aromatic rings. The SMILES string of the molecule is CC(NC(=O)O)c1ccc(CN2CCN3CCCCC3C2)cc1. The second kappa shape index (κ2) is 7.32. The van der Waals surface area contributed by atoms with Crippen molar-refractivity contribution in [1.29, 1.82) is 0 Å². The van der Waals surface area contributed by atoms with Crippen LogP contribution in [0.4, 0.5) is 4.79 Å². The van der Waals surface area contributed by atoms with E-state index in [0.29, 0.717) is 0 Å². The van der Waals surface area contributed by atoms with E-state index in [1.54, 1.807) is 0 Å². The van der Waals surface area contributed by atoms with Crippen molar-refractivity contribution in [2.45, 2.75) is 44.8 Å². The molecule has 0 spiro atoms. The summed E-state index contributed by atoms with van der Waals surface area (Å²) in [5.74, 6) is 0. The molecule has 2 saturated heterocycles. The molecule has 0 aliphatic carbocycles. The number of carbonyl (C=O) groups is 1. The van der Waals surface area contributed by atoms with E-state index in [1.807, 2.05) is 19.1 Å². The average Bonchev–Trinajstić information content (AvgIpc) is 2.55. The van der Waals surface area contributed by atoms with Gasteiger partial charge in [0.2, 0.25) is 0 Å². The molecule has 2 atom stereocenters. The van der Waals surface area contributed by atoms with Gasteiger partial charge in [0.25, 0.3) is 0 Å². The van der Waals surface area contributed by atoms with E-state index in [9.17, 15) is 4.79 Å². The summed E-state index contributed by atoms with van der Waals surface area (Å²) in [7, 11) is 0. The minimum atomic E-state index is -0.980. The molecular weight excluding hydrogens is 290 g/mol. The minimum Gasteiger partial charge on any atom is -0.465 e. The molecule has 126 valence electrons. The van der Waals surface area contributed by atoms with Crippen LogP contribution in [-0.2, 0) is 6.54 Å². The van der Waals surface area contributed by atoms with Gasteiger partial charge in [-0.05, 0) is 37.4 Å². The number of benzene rings is 1. The average molecular weight is 317 g/mol. The summed E-state index contributed by atoms with van der Waals surface area (Å²) in [6, 6.07) is 8.90. The molecule has 2 aliphatic heterocycles. The highest BCUT2D eigenvalue weighted by molar-refractivity contribution is 5.65. The number of carboxylic acid groups (broad SMARTS) is 1. The summed E-state index contributed by atoms with van der Waals surface area (Å²) in [5.41, 5.74) is 2.31. The van der Waals surface area contributed by atoms with Gasteiger partial charge in [0.1, 0.15) is 0 Å². The number of hydrogen-bond acceptors (Lipinski definition) is 3. The van der Waals surface area contributed by atoms with Gasteiger partial charge in [-0.2, -0.15) is 0 Å². The summed E-state index contributed by atoms with van der Waals surface area (Å²) in [6.45, 7) is 7.66. The van der Waals surface area contributed by atoms with Crippen molar-refractivity contribution in [2.75, 3.05) is 26.2 Å². The quantitative estimate of drug-likeness (QED) is 0.896. The first-order valence-electron chi connectivity index (χ1n) is 8.66. The third kappa shape index (κ3) is 4.24. The molecule has 5 heteroatoms. The van der Waals surface area contributed by atoms with Gasteiger partial charge in [-0.15, -0.1) is 0 Å². The molecule has 0 aromatic heterocycles. The lowest BCUT2D eigenvalue weighted by molar-refractivity contribution is 0.0457. The topological polar surface area (TPSA) is 55.8 Å². The molecule has 0 bridgehead atoms. The number of nitrogens with one attached hydrogen (secondary N) is 1. The van der Waals surface area contributed by atoms with E-state index in [2.05, 4.69) is 27.2 Å². The lowest BCUT2D eigenvalue weighted by atomic mass is 9.99. The lowest BCUT2D eigenvalue weighted by Gasteiger charge is -2.44. The zero-order chi connectivity index (χ0) is 16.2. The normalized spacial score (nSPS) is 24.0. The monoisotopic (exact) mass is 317 g/mol. The molecule has 2 unspecified atom stereocenters. The van der Waals surface area contributed by atoms with E-state index in [0.717, 1.165) is 24.7 Å². The second-order valence-electron chi connectivity index (χ2n) is 6.83. The van der Waals surface area contributed by atoms with E-state index in [-0.39, 0.29) is 6.04 Å². The van der Waals surface area contributed by atoms with E-state index in [1.165, 1.54) is 44.5 Å². The van der Waals surface area contributed by atoms with E-state index in [4.69, 9.17) is 5.11 Å². The molecule has 0 saturated carbocycles. The van der Waals surface area contributed by atoms with Crippen LogP contribution in [0, 0.1) is 0 Å². The predicted octanol–water partition coefficient (Wildman–Crippen LogP) is 2.69. The smallest absolute Gasteiger partial charge is 0.405 e. The third-order valence-electron chi connectivity index (χ3n) is 5.15. The van der Waals surface area contributed by atoms with Gasteiger partial charge in [0.05, 0.1) is 6.04 Å². The van der Waals surface area contributed by atoms with Crippen molar-refractivity contribution < 1.29 is 9.90 Å². The van der Waals surface area contributed by atoms with Crippen LogP contribution in [0.15, 0.2) is 24.3 Å². The number of rotatable bonds is 4. The minimum absolute atomic E-state index is 0.174. The van der Waals surface area contributed by atoms with Crippen LogP contribution < -0.4 is 5.32 Å². The van der Waals surface area contributed by atoms with Crippen molar-refractivity contribution in [3.63, 3.8) is 0 Å². The van der Waals surface area contributed by atoms with Gasteiger partial charge in [-0.1, -0.05) is 30.7 Å². The molecule has 0 radical (unpaired) electrons. The van der Waals surface area contributed by atoms with E-state index < -0.39 is 6.09 Å². The zero-order valence-corrected chi connectivity index (χ0v) is 13.9. The maximum Gasteiger partial charge on any atom is 0.405 e. The standard InChI is InChI=1S/C18H27N3O2/c1-14(19-18(22)23)16-7-5-15(6-8-16)12-20-10-11-21-9-3-2-4-17(21)13-20/h5-8,14,17,19H,2-4,9-13H2,1H3,(H,22,23). The Hall–Kier alpha value is -1.59. The summed E-state index contributed by atoms with van der Waals surface area (Å²) in [6.07, 6.45) is 3.10. The van der Waals surface area contributed by atoms with Crippen molar-refractivity contribution >= 4 is 6.09 Å². The molecule has 1 amide bonds. The van der Waals surface area contributed by atoms with Gasteiger partial charge >= 0.3 is 6.09 Å². The lowest BCUT2D eigenvalue weighted by Crippen LogP contribution is -2.54. The van der Waals surface area contributed by atoms with Gasteiger partial charge in [0, 0.05) is 32.2 Å². The fourth-order valence-electron chi connectivity index (χ4n) is 3.80. The highest BCUT2D eigenvalue weighted by Gasteiger charge is 2.28. The Kier molecular flexibility index (Phi) is 5.18. The zero-order valence-electron chi connectivity index (χ0n) is 13.9. The largest absolute Gasteiger partial charge is 0.465 e. The molecule has 2 fully saturated rings. The molecule has 2 N–H and O–H groups in total. The predicted molar refractivity (Wildman–Crippen MR) is 90.5 cm³/mol. The fraction of sp³-hybridized carbons (Fsp3) is 0.611. The van der Waals surface area contributed by atoms with E-state index >= 15 is 0 Å². The van der Waals surface area contributed by atoms with Crippen LogP contribution in [0.25, 0.3) is 0 Å². The Morgan fingerprint density at radius 3 is 2.78 bits per heavy atom. The van der Waals surface area contributed by atoms with Crippen LogP contribution in [0.3, 0.4) is 0 Å². The number of fused-ring (bicyclic) bond motifs is 1. The number of piperidine rings is 1. The van der Waals surface area contributed by atoms with Crippen LogP contribution in [0.5, 0.6) is 0 Å². The maximum absolute atomic E-state index is 10.7. The Bertz CT molecular complexity index is 532. The molecule has 5 nitrogen and oxygen atoms in total. The Morgan fingerprint density at radius 2 is 2.04 bits per heavy atom. The van der Waals surface area contributed by atoms with Gasteiger partial charge < -0.3 is 10.4 Å². The maximum atomic E-state index is 10.7. The molecule has 23 heavy (non-hydrogen) atoms. The van der Waals surface area contributed by atoms with Gasteiger partial charge in [0.15, 0.2) is 0 Å². The highest BCUT2D eigenvalue weighted by atomic mass is 16.4. The number of piperazine rings is 1. The Morgan fingerprint density at radius 1 is 1.26 bits per heavy atom. The van der Waals surface area contributed by atoms with Crippen LogP contribution in [0.1, 0.15) is 43.4 Å². The molecule has 3 rings (SSSR count). The first-order valence-corrected chi connectivity index (χ1v) is 8.66.